The maximum absolute atomic E-state index is 10.5. The highest BCUT2D eigenvalue weighted by Gasteiger charge is 2.08. The van der Waals surface area contributed by atoms with Crippen LogP contribution in [0.25, 0.3) is 0 Å². The highest BCUT2D eigenvalue weighted by molar-refractivity contribution is 7.13. The lowest BCUT2D eigenvalue weighted by Crippen LogP contribution is -2.14. The van der Waals surface area contributed by atoms with Crippen LogP contribution in [0.5, 0.6) is 0 Å². The molecule has 0 saturated heterocycles. The van der Waals surface area contributed by atoms with E-state index in [1.54, 1.807) is 5.38 Å². The maximum Gasteiger partial charge on any atom is 0.309 e. The van der Waals surface area contributed by atoms with Crippen molar-refractivity contribution < 1.29 is 9.90 Å². The average molecular weight is 242 g/mol. The third kappa shape index (κ3) is 4.61. The summed E-state index contributed by atoms with van der Waals surface area (Å²) in [6.45, 7) is 4.29. The fraction of sp³-hybridized carbons (Fsp3) is 0.636. The third-order valence-electron chi connectivity index (χ3n) is 2.24. The fourth-order valence-electron chi connectivity index (χ4n) is 1.40. The minimum Gasteiger partial charge on any atom is -0.481 e. The summed E-state index contributed by atoms with van der Waals surface area (Å²) >= 11 is 1.47. The van der Waals surface area contributed by atoms with E-state index in [9.17, 15) is 4.79 Å². The molecule has 0 bridgehead atoms. The molecule has 1 aromatic heterocycles. The number of aromatic nitrogens is 1. The molecule has 90 valence electrons. The van der Waals surface area contributed by atoms with Crippen LogP contribution in [0.4, 0.5) is 5.13 Å². The molecule has 1 rings (SSSR count). The number of anilines is 1. The first-order valence-corrected chi connectivity index (χ1v) is 6.42. The number of unbranched alkanes of at least 4 members (excludes halogenated alkanes) is 1. The SMILES string of the molecule is CCCCC(C)Nc1nc(CC(=O)O)cs1. The first-order valence-electron chi connectivity index (χ1n) is 5.54. The van der Waals surface area contributed by atoms with Gasteiger partial charge in [-0.15, -0.1) is 11.3 Å². The molecule has 1 aromatic rings. The Hall–Kier alpha value is -1.10. The predicted molar refractivity (Wildman–Crippen MR) is 66.1 cm³/mol. The number of rotatable bonds is 7. The van der Waals surface area contributed by atoms with Gasteiger partial charge in [0.05, 0.1) is 12.1 Å². The van der Waals surface area contributed by atoms with Crippen LogP contribution >= 0.6 is 11.3 Å². The van der Waals surface area contributed by atoms with E-state index in [0.29, 0.717) is 11.7 Å². The van der Waals surface area contributed by atoms with Gasteiger partial charge in [-0.25, -0.2) is 4.98 Å². The highest BCUT2D eigenvalue weighted by Crippen LogP contribution is 2.18. The van der Waals surface area contributed by atoms with E-state index in [1.165, 1.54) is 24.2 Å². The van der Waals surface area contributed by atoms with Crippen LogP contribution in [0.1, 0.15) is 38.8 Å². The highest BCUT2D eigenvalue weighted by atomic mass is 32.1. The van der Waals surface area contributed by atoms with Crippen molar-refractivity contribution in [3.8, 4) is 0 Å². The number of carboxylic acid groups (broad SMARTS) is 1. The number of hydrogen-bond acceptors (Lipinski definition) is 4. The summed E-state index contributed by atoms with van der Waals surface area (Å²) in [7, 11) is 0. The summed E-state index contributed by atoms with van der Waals surface area (Å²) < 4.78 is 0. The summed E-state index contributed by atoms with van der Waals surface area (Å²) in [6, 6.07) is 0.392. The molecular weight excluding hydrogens is 224 g/mol. The lowest BCUT2D eigenvalue weighted by molar-refractivity contribution is -0.136. The molecule has 0 fully saturated rings. The quantitative estimate of drug-likeness (QED) is 0.771. The van der Waals surface area contributed by atoms with Crippen molar-refractivity contribution in [2.75, 3.05) is 5.32 Å². The summed E-state index contributed by atoms with van der Waals surface area (Å²) in [5.74, 6) is -0.837. The van der Waals surface area contributed by atoms with E-state index in [0.717, 1.165) is 11.6 Å². The number of hydrogen-bond donors (Lipinski definition) is 2. The zero-order valence-electron chi connectivity index (χ0n) is 9.69. The van der Waals surface area contributed by atoms with Crippen LogP contribution in [0, 0.1) is 0 Å². The molecule has 0 amide bonds. The molecule has 0 aliphatic carbocycles. The normalized spacial score (nSPS) is 12.4. The summed E-state index contributed by atoms with van der Waals surface area (Å²) in [5, 5.41) is 14.5. The van der Waals surface area contributed by atoms with E-state index in [2.05, 4.69) is 24.1 Å². The zero-order chi connectivity index (χ0) is 12.0. The summed E-state index contributed by atoms with van der Waals surface area (Å²) in [6.07, 6.45) is 3.50. The molecule has 4 nitrogen and oxygen atoms in total. The zero-order valence-corrected chi connectivity index (χ0v) is 10.5. The lowest BCUT2D eigenvalue weighted by atomic mass is 10.1. The molecule has 0 radical (unpaired) electrons. The topological polar surface area (TPSA) is 62.2 Å². The summed E-state index contributed by atoms with van der Waals surface area (Å²) in [4.78, 5) is 14.7. The first-order chi connectivity index (χ1) is 7.61. The van der Waals surface area contributed by atoms with E-state index in [1.807, 2.05) is 0 Å². The van der Waals surface area contributed by atoms with Crippen molar-refractivity contribution in [1.82, 2.24) is 4.98 Å². The maximum atomic E-state index is 10.5. The molecule has 16 heavy (non-hydrogen) atoms. The van der Waals surface area contributed by atoms with Crippen molar-refractivity contribution in [1.29, 1.82) is 0 Å². The van der Waals surface area contributed by atoms with Gasteiger partial charge in [0, 0.05) is 11.4 Å². The molecule has 1 unspecified atom stereocenters. The van der Waals surface area contributed by atoms with E-state index in [4.69, 9.17) is 5.11 Å². The monoisotopic (exact) mass is 242 g/mol. The van der Waals surface area contributed by atoms with Crippen LogP contribution in [0.3, 0.4) is 0 Å². The Morgan fingerprint density at radius 1 is 1.69 bits per heavy atom. The molecule has 0 aromatic carbocycles. The van der Waals surface area contributed by atoms with Gasteiger partial charge in [0.15, 0.2) is 5.13 Å². The third-order valence-corrected chi connectivity index (χ3v) is 3.07. The second kappa shape index (κ2) is 6.48. The van der Waals surface area contributed by atoms with Crippen molar-refractivity contribution in [2.45, 2.75) is 45.6 Å². The van der Waals surface area contributed by atoms with Crippen molar-refractivity contribution in [2.24, 2.45) is 0 Å². The predicted octanol–water partition coefficient (Wildman–Crippen LogP) is 2.76. The van der Waals surface area contributed by atoms with Gasteiger partial charge in [-0.3, -0.25) is 4.79 Å². The molecule has 1 heterocycles. The van der Waals surface area contributed by atoms with Crippen molar-refractivity contribution in [3.05, 3.63) is 11.1 Å². The molecule has 2 N–H and O–H groups in total. The van der Waals surface area contributed by atoms with Crippen LogP contribution in [0.15, 0.2) is 5.38 Å². The fourth-order valence-corrected chi connectivity index (χ4v) is 2.23. The standard InChI is InChI=1S/C11H18N2O2S/c1-3-4-5-8(2)12-11-13-9(7-16-11)6-10(14)15/h7-8H,3-6H2,1-2H3,(H,12,13)(H,14,15). The number of nitrogens with zero attached hydrogens (tertiary/aromatic N) is 1. The van der Waals surface area contributed by atoms with Crippen molar-refractivity contribution >= 4 is 22.4 Å². The number of aliphatic carboxylic acids is 1. The Morgan fingerprint density at radius 3 is 3.06 bits per heavy atom. The second-order valence-electron chi connectivity index (χ2n) is 3.90. The average Bonchev–Trinajstić information content (AvgIpc) is 2.61. The van der Waals surface area contributed by atoms with Gasteiger partial charge in [0.2, 0.25) is 0 Å². The van der Waals surface area contributed by atoms with Gasteiger partial charge in [-0.05, 0) is 13.3 Å². The number of nitrogens with one attached hydrogen (secondary N) is 1. The Kier molecular flexibility index (Phi) is 5.25. The first kappa shape index (κ1) is 13.0. The van der Waals surface area contributed by atoms with Crippen LogP contribution in [-0.4, -0.2) is 22.1 Å². The minimum atomic E-state index is -0.837. The van der Waals surface area contributed by atoms with Gasteiger partial charge in [-0.2, -0.15) is 0 Å². The van der Waals surface area contributed by atoms with Gasteiger partial charge in [0.1, 0.15) is 0 Å². The van der Waals surface area contributed by atoms with Gasteiger partial charge >= 0.3 is 5.97 Å². The molecule has 0 spiro atoms. The van der Waals surface area contributed by atoms with Gasteiger partial charge in [0.25, 0.3) is 0 Å². The van der Waals surface area contributed by atoms with Gasteiger partial charge in [-0.1, -0.05) is 19.8 Å². The molecular formula is C11H18N2O2S. The van der Waals surface area contributed by atoms with E-state index >= 15 is 0 Å². The second-order valence-corrected chi connectivity index (χ2v) is 4.76. The molecule has 0 saturated carbocycles. The number of carbonyl (C=O) groups is 1. The number of carboxylic acids is 1. The molecule has 5 heteroatoms. The molecule has 0 aliphatic rings. The lowest BCUT2D eigenvalue weighted by Gasteiger charge is -2.11. The largest absolute Gasteiger partial charge is 0.481 e. The Bertz CT molecular complexity index is 338. The molecule has 1 atom stereocenters. The van der Waals surface area contributed by atoms with E-state index < -0.39 is 5.97 Å². The molecule has 0 aliphatic heterocycles. The Labute approximate surface area is 99.7 Å². The van der Waals surface area contributed by atoms with Crippen LogP contribution in [-0.2, 0) is 11.2 Å². The Morgan fingerprint density at radius 2 is 2.44 bits per heavy atom. The smallest absolute Gasteiger partial charge is 0.309 e. The van der Waals surface area contributed by atoms with Crippen LogP contribution in [0.2, 0.25) is 0 Å². The van der Waals surface area contributed by atoms with Crippen molar-refractivity contribution in [3.63, 3.8) is 0 Å². The van der Waals surface area contributed by atoms with Crippen LogP contribution < -0.4 is 5.32 Å². The van der Waals surface area contributed by atoms with Gasteiger partial charge < -0.3 is 10.4 Å². The van der Waals surface area contributed by atoms with E-state index in [-0.39, 0.29) is 6.42 Å². The summed E-state index contributed by atoms with van der Waals surface area (Å²) in [5.41, 5.74) is 0.627. The Balaban J connectivity index is 2.42. The number of thiazole rings is 1. The minimum absolute atomic E-state index is 0.00151.